The molecular formula is C64H91Br2N25O20. The summed E-state index contributed by atoms with van der Waals surface area (Å²) >= 11 is 6.80. The number of nitrogens with zero attached hydrogens (tertiary/aromatic N) is 20. The molecule has 47 heteroatoms. The van der Waals surface area contributed by atoms with Crippen molar-refractivity contribution in [2.24, 2.45) is 0 Å². The van der Waals surface area contributed by atoms with Gasteiger partial charge < -0.3 is 124 Å². The molecule has 0 aromatic carbocycles. The topological polar surface area (TPSA) is 555 Å². The van der Waals surface area contributed by atoms with E-state index in [2.05, 4.69) is 107 Å². The molecule has 0 spiro atoms. The number of aliphatic hydroxyl groups excluding tert-OH is 2. The second-order valence-corrected chi connectivity index (χ2v) is 26.4. The number of rotatable bonds is 24. The average Bonchev–Trinajstić information content (AvgIpc) is 1.62. The summed E-state index contributed by atoms with van der Waals surface area (Å²) in [5.41, 5.74) is 34.4. The third-order valence-electron chi connectivity index (χ3n) is 18.8. The molecular weight excluding hydrogens is 1600 g/mol. The molecule has 5 fully saturated rings. The van der Waals surface area contributed by atoms with Crippen molar-refractivity contribution in [3.63, 3.8) is 0 Å². The molecule has 0 aliphatic carbocycles. The zero-order valence-electron chi connectivity index (χ0n) is 62.7. The molecule has 10 aromatic rings. The molecule has 5 aliphatic heterocycles. The molecule has 0 bridgehead atoms. The van der Waals surface area contributed by atoms with Crippen molar-refractivity contribution in [1.82, 2.24) is 97.6 Å². The largest absolute Gasteiger partial charge is 0.387 e. The molecule has 20 atom stereocenters. The number of aromatic nitrogens is 20. The standard InChI is InChI=1S/C14H21N5O4.C13H18BrN5O4.C13H19N5O4.C12H16BrN5O4.C12H17N5O4/c1-4-22-10-8(5-20-2)23-14(11(10)21-3)19-7-18-9-12(15)16-6-17-13(9)19;1-20-4-6-8(21-2)9(22-3)12(23-6)19-11-7(18-13(19)14)10(15)16-5-17-11;1-19-4-7-9(20-2)10(21-3)13(22-7)18-6-17-8-11(14)15-5-16-12(8)18;1-20-3-5-7(19)8(21-2)11(22-5)18-10-6(17-12(18)13)9(14)15-4-16-10;1-19-3-6-8(18)9(20-2)12(21-6)17-5-16-7-10(13)14-4-15-11(7)17/h6-8,10-11,14H,4-5H2,1-3H3,(H2,15,16,17);5-6,8-9,12H,4H2,1-3H3,(H2,15,16,17);5-7,9-10,13H,4H2,1-3H3,(H2,14,15,16);4-5,7-8,11,19H,3H2,1-2H3,(H2,14,15,16);4-6,8-9,12,18H,3H2,1-2H3,(H2,13,14,15)/t8-,10?,11+,14-;6-,8?,9+,12-;7-,9?,10+,13-;5-,7?,8+,11-;6-,8?,9+,12-/m11111/s1. The number of aliphatic hydroxyl groups is 2. The van der Waals surface area contributed by atoms with Crippen molar-refractivity contribution in [3.8, 4) is 0 Å². The van der Waals surface area contributed by atoms with Crippen LogP contribution in [0.4, 0.5) is 29.1 Å². The minimum Gasteiger partial charge on any atom is -0.387 e. The molecule has 0 radical (unpaired) electrons. The summed E-state index contributed by atoms with van der Waals surface area (Å²) in [5.74, 6) is 1.52. The Kier molecular flexibility index (Phi) is 28.8. The lowest BCUT2D eigenvalue weighted by molar-refractivity contribution is -0.0664. The molecule has 606 valence electrons. The summed E-state index contributed by atoms with van der Waals surface area (Å²) < 4.78 is 110. The monoisotopic (exact) mass is 1690 g/mol. The minimum absolute atomic E-state index is 0.244. The van der Waals surface area contributed by atoms with Gasteiger partial charge >= 0.3 is 0 Å². The van der Waals surface area contributed by atoms with E-state index >= 15 is 0 Å². The third-order valence-corrected chi connectivity index (χ3v) is 19.9. The van der Waals surface area contributed by atoms with Crippen molar-refractivity contribution in [1.29, 1.82) is 0 Å². The Morgan fingerprint density at radius 3 is 0.937 bits per heavy atom. The zero-order chi connectivity index (χ0) is 79.5. The molecule has 5 unspecified atom stereocenters. The van der Waals surface area contributed by atoms with Gasteiger partial charge in [0.15, 0.2) is 109 Å². The van der Waals surface area contributed by atoms with E-state index in [4.69, 9.17) is 114 Å². The fourth-order valence-electron chi connectivity index (χ4n) is 13.8. The van der Waals surface area contributed by atoms with Crippen molar-refractivity contribution in [3.05, 3.63) is 60.1 Å². The van der Waals surface area contributed by atoms with Gasteiger partial charge in [-0.3, -0.25) is 22.8 Å². The van der Waals surface area contributed by atoms with Crippen LogP contribution >= 0.6 is 31.9 Å². The van der Waals surface area contributed by atoms with E-state index in [-0.39, 0.29) is 74.0 Å². The molecule has 12 N–H and O–H groups in total. The van der Waals surface area contributed by atoms with E-state index in [9.17, 15) is 10.2 Å². The number of hydrogen-bond acceptors (Lipinski definition) is 40. The number of fused-ring (bicyclic) bond motifs is 5. The SMILES string of the molecule is CCOC1[C@@H](COC)O[C@@H](n2cnc3c(N)ncnc32)[C@H]1OC.COC[C@H]1O[C@@H](n2c(Br)nc3c(N)ncnc32)[C@@H](OC)C1O.COC[C@H]1O[C@@H](n2c(Br)nc3c(N)ncnc32)[C@@H](OC)C1OC.COC[C@H]1O[C@@H](n2cnc3c(N)ncnc32)[C@@H](OC)C1O.COC[C@H]1O[C@@H](n2cnc3c(N)ncnc32)[C@@H](OC)C1OC. The van der Waals surface area contributed by atoms with Gasteiger partial charge in [0.25, 0.3) is 0 Å². The lowest BCUT2D eigenvalue weighted by Crippen LogP contribution is -2.37. The third kappa shape index (κ3) is 17.0. The molecule has 15 heterocycles. The van der Waals surface area contributed by atoms with Crippen LogP contribution < -0.4 is 28.7 Å². The Balaban J connectivity index is 0.000000137. The van der Waals surface area contributed by atoms with Crippen LogP contribution in [0, 0.1) is 0 Å². The van der Waals surface area contributed by atoms with Gasteiger partial charge in [0.1, 0.15) is 140 Å². The van der Waals surface area contributed by atoms with E-state index in [1.54, 1.807) is 113 Å². The Labute approximate surface area is 650 Å². The highest BCUT2D eigenvalue weighted by molar-refractivity contribution is 9.10. The number of halogens is 2. The first-order chi connectivity index (χ1) is 53.8. The van der Waals surface area contributed by atoms with Gasteiger partial charge in [0.2, 0.25) is 0 Å². The zero-order valence-corrected chi connectivity index (χ0v) is 65.9. The van der Waals surface area contributed by atoms with Crippen LogP contribution in [0.1, 0.15) is 38.1 Å². The average molecular weight is 1690 g/mol. The smallest absolute Gasteiger partial charge is 0.181 e. The Bertz CT molecular complexity index is 4650. The van der Waals surface area contributed by atoms with Crippen LogP contribution in [0.25, 0.3) is 55.8 Å². The highest BCUT2D eigenvalue weighted by Gasteiger charge is 2.52. The van der Waals surface area contributed by atoms with Crippen LogP contribution in [0.5, 0.6) is 0 Å². The summed E-state index contributed by atoms with van der Waals surface area (Å²) in [5, 5.41) is 20.6. The summed E-state index contributed by atoms with van der Waals surface area (Å²) in [7, 11) is 19.1. The van der Waals surface area contributed by atoms with E-state index < -0.39 is 67.8 Å². The number of nitrogens with two attached hydrogens (primary N) is 5. The summed E-state index contributed by atoms with van der Waals surface area (Å²) in [6, 6.07) is 0. The first kappa shape index (κ1) is 83.8. The predicted octanol–water partition coefficient (Wildman–Crippen LogP) is 0.518. The van der Waals surface area contributed by atoms with Crippen LogP contribution in [0.2, 0.25) is 0 Å². The maximum Gasteiger partial charge on any atom is 0.181 e. The van der Waals surface area contributed by atoms with E-state index in [0.29, 0.717) is 115 Å². The van der Waals surface area contributed by atoms with Crippen molar-refractivity contribution in [2.75, 3.05) is 154 Å². The van der Waals surface area contributed by atoms with E-state index in [1.165, 1.54) is 45.9 Å². The fraction of sp³-hybridized carbons (Fsp3) is 0.609. The predicted molar refractivity (Wildman–Crippen MR) is 396 cm³/mol. The van der Waals surface area contributed by atoms with E-state index in [1.807, 2.05) is 6.92 Å². The number of hydrogen-bond donors (Lipinski definition) is 7. The van der Waals surface area contributed by atoms with Crippen molar-refractivity contribution in [2.45, 2.75) is 130 Å². The second kappa shape index (κ2) is 38.2. The van der Waals surface area contributed by atoms with Crippen LogP contribution in [-0.4, -0.2) is 324 Å². The molecule has 111 heavy (non-hydrogen) atoms. The van der Waals surface area contributed by atoms with Crippen LogP contribution in [0.15, 0.2) is 60.1 Å². The van der Waals surface area contributed by atoms with Gasteiger partial charge in [-0.2, -0.15) is 0 Å². The normalized spacial score (nSPS) is 28.4. The van der Waals surface area contributed by atoms with Gasteiger partial charge in [-0.25, -0.2) is 74.8 Å². The Hall–Kier alpha value is -8.09. The first-order valence-electron chi connectivity index (χ1n) is 34.2. The van der Waals surface area contributed by atoms with Gasteiger partial charge in [-0.05, 0) is 38.8 Å². The van der Waals surface area contributed by atoms with Crippen molar-refractivity contribution < 1.29 is 95.5 Å². The maximum absolute atomic E-state index is 10.3. The maximum atomic E-state index is 10.3. The molecule has 15 rings (SSSR count). The number of imidazole rings is 5. The minimum atomic E-state index is -0.835. The summed E-state index contributed by atoms with van der Waals surface area (Å²) in [6.45, 7) is 4.20. The number of methoxy groups -OCH3 is 12. The molecule has 0 saturated carbocycles. The van der Waals surface area contributed by atoms with Gasteiger partial charge in [-0.15, -0.1) is 0 Å². The Morgan fingerprint density at radius 1 is 0.333 bits per heavy atom. The quantitative estimate of drug-likeness (QED) is 0.0405. The molecule has 10 aromatic heterocycles. The molecule has 0 amide bonds. The highest BCUT2D eigenvalue weighted by atomic mass is 79.9. The second-order valence-electron chi connectivity index (χ2n) is 25.0. The summed E-state index contributed by atoms with van der Waals surface area (Å²) in [6.07, 6.45) is 2.82. The molecule has 45 nitrogen and oxygen atoms in total. The van der Waals surface area contributed by atoms with Crippen LogP contribution in [0.3, 0.4) is 0 Å². The number of anilines is 5. The van der Waals surface area contributed by atoms with Gasteiger partial charge in [0.05, 0.1) is 52.0 Å². The summed E-state index contributed by atoms with van der Waals surface area (Å²) in [4.78, 5) is 62.2. The Morgan fingerprint density at radius 2 is 0.595 bits per heavy atom. The highest BCUT2D eigenvalue weighted by Crippen LogP contribution is 2.42. The first-order valence-corrected chi connectivity index (χ1v) is 35.8. The van der Waals surface area contributed by atoms with Crippen LogP contribution in [-0.2, 0) is 85.3 Å². The molecule has 5 aliphatic rings. The number of ether oxygens (including phenoxy) is 18. The van der Waals surface area contributed by atoms with Gasteiger partial charge in [-0.1, -0.05) is 0 Å². The molecule has 5 saturated heterocycles. The lowest BCUT2D eigenvalue weighted by Gasteiger charge is -2.23. The fourth-order valence-corrected chi connectivity index (χ4v) is 14.9. The van der Waals surface area contributed by atoms with Gasteiger partial charge in [0, 0.05) is 91.9 Å². The van der Waals surface area contributed by atoms with Crippen molar-refractivity contribution >= 4 is 117 Å². The van der Waals surface area contributed by atoms with E-state index in [0.717, 1.165) is 0 Å². The lowest BCUT2D eigenvalue weighted by atomic mass is 10.1. The number of nitrogen functional groups attached to an aromatic ring is 5.